The Morgan fingerprint density at radius 1 is 1.25 bits per heavy atom. The first-order chi connectivity index (χ1) is 11.4. The van der Waals surface area contributed by atoms with Gasteiger partial charge in [-0.25, -0.2) is 0 Å². The van der Waals surface area contributed by atoms with Gasteiger partial charge in [-0.3, -0.25) is 9.69 Å². The van der Waals surface area contributed by atoms with Gasteiger partial charge in [0.15, 0.2) is 0 Å². The van der Waals surface area contributed by atoms with E-state index in [0.29, 0.717) is 25.8 Å². The van der Waals surface area contributed by atoms with Crippen LogP contribution < -0.4 is 0 Å². The van der Waals surface area contributed by atoms with E-state index in [2.05, 4.69) is 11.8 Å². The van der Waals surface area contributed by atoms with Crippen LogP contribution in [0.1, 0.15) is 68.7 Å². The van der Waals surface area contributed by atoms with Crippen LogP contribution in [0.2, 0.25) is 0 Å². The van der Waals surface area contributed by atoms with Crippen molar-refractivity contribution >= 4 is 5.78 Å². The number of unbranched alkanes of at least 4 members (excludes halogenated alkanes) is 2. The van der Waals surface area contributed by atoms with Crippen LogP contribution in [0.15, 0.2) is 18.2 Å². The van der Waals surface area contributed by atoms with Crippen LogP contribution in [0, 0.1) is 0 Å². The first kappa shape index (κ1) is 19.0. The maximum atomic E-state index is 12.9. The quantitative estimate of drug-likeness (QED) is 0.638. The minimum absolute atomic E-state index is 0.0878. The maximum absolute atomic E-state index is 12.9. The van der Waals surface area contributed by atoms with Gasteiger partial charge in [-0.15, -0.1) is 0 Å². The highest BCUT2D eigenvalue weighted by Gasteiger charge is 2.34. The number of hydrogen-bond donors (Lipinski definition) is 0. The normalized spacial score (nSPS) is 18.5. The van der Waals surface area contributed by atoms with Gasteiger partial charge in [0.1, 0.15) is 5.78 Å². The number of fused-ring (bicyclic) bond motifs is 1. The fourth-order valence-electron chi connectivity index (χ4n) is 3.45. The molecule has 0 N–H and O–H groups in total. The molecule has 2 rings (SSSR count). The molecular formula is C19H26F3NO. The Morgan fingerprint density at radius 3 is 2.62 bits per heavy atom. The average molecular weight is 341 g/mol. The monoisotopic (exact) mass is 341 g/mol. The van der Waals surface area contributed by atoms with Crippen molar-refractivity contribution in [2.45, 2.75) is 64.6 Å². The molecule has 0 spiro atoms. The molecule has 0 bridgehead atoms. The van der Waals surface area contributed by atoms with Crippen molar-refractivity contribution < 1.29 is 18.0 Å². The van der Waals surface area contributed by atoms with Gasteiger partial charge in [0.05, 0.1) is 5.56 Å². The van der Waals surface area contributed by atoms with Crippen molar-refractivity contribution in [3.63, 3.8) is 0 Å². The van der Waals surface area contributed by atoms with Gasteiger partial charge >= 0.3 is 6.18 Å². The number of Topliss-reactive ketones (excluding diaryl/α,β-unsaturated/α-hetero) is 1. The summed E-state index contributed by atoms with van der Waals surface area (Å²) in [5, 5.41) is 0. The molecule has 0 saturated carbocycles. The van der Waals surface area contributed by atoms with E-state index in [1.165, 1.54) is 6.07 Å². The molecule has 0 aliphatic carbocycles. The van der Waals surface area contributed by atoms with Gasteiger partial charge in [-0.05, 0) is 42.6 Å². The second-order valence-electron chi connectivity index (χ2n) is 6.51. The predicted molar refractivity (Wildman–Crippen MR) is 88.9 cm³/mol. The highest BCUT2D eigenvalue weighted by molar-refractivity contribution is 5.79. The number of halogens is 3. The van der Waals surface area contributed by atoms with Gasteiger partial charge in [0.2, 0.25) is 0 Å². The Morgan fingerprint density at radius 2 is 2.00 bits per heavy atom. The zero-order valence-electron chi connectivity index (χ0n) is 14.5. The minimum atomic E-state index is -4.32. The lowest BCUT2D eigenvalue weighted by molar-refractivity contribution is -0.137. The van der Waals surface area contributed by atoms with Crippen molar-refractivity contribution in [1.82, 2.24) is 4.90 Å². The fraction of sp³-hybridized carbons (Fsp3) is 0.632. The second-order valence-corrected chi connectivity index (χ2v) is 6.51. The third kappa shape index (κ3) is 4.59. The number of carbonyl (C=O) groups is 1. The lowest BCUT2D eigenvalue weighted by atomic mass is 9.87. The Hall–Kier alpha value is -1.36. The molecule has 1 heterocycles. The molecule has 0 fully saturated rings. The molecule has 0 radical (unpaired) electrons. The molecule has 24 heavy (non-hydrogen) atoms. The van der Waals surface area contributed by atoms with E-state index >= 15 is 0 Å². The molecule has 134 valence electrons. The van der Waals surface area contributed by atoms with Crippen molar-refractivity contribution in [1.29, 1.82) is 0 Å². The fourth-order valence-corrected chi connectivity index (χ4v) is 3.45. The summed E-state index contributed by atoms with van der Waals surface area (Å²) >= 11 is 0. The van der Waals surface area contributed by atoms with E-state index in [4.69, 9.17) is 0 Å². The second kappa shape index (κ2) is 8.15. The smallest absolute Gasteiger partial charge is 0.300 e. The number of alkyl halides is 3. The Balaban J connectivity index is 2.19. The molecule has 1 aliphatic rings. The number of ketones is 1. The van der Waals surface area contributed by atoms with Gasteiger partial charge < -0.3 is 0 Å². The molecule has 0 unspecified atom stereocenters. The molecule has 0 saturated heterocycles. The van der Waals surface area contributed by atoms with Gasteiger partial charge in [0.25, 0.3) is 0 Å². The van der Waals surface area contributed by atoms with Crippen LogP contribution in [0.3, 0.4) is 0 Å². The topological polar surface area (TPSA) is 20.3 Å². The lowest BCUT2D eigenvalue weighted by Crippen LogP contribution is -2.36. The van der Waals surface area contributed by atoms with Crippen LogP contribution >= 0.6 is 0 Å². The van der Waals surface area contributed by atoms with Gasteiger partial charge in [0, 0.05) is 25.4 Å². The largest absolute Gasteiger partial charge is 0.416 e. The van der Waals surface area contributed by atoms with Crippen molar-refractivity contribution in [3.05, 3.63) is 34.9 Å². The lowest BCUT2D eigenvalue weighted by Gasteiger charge is -2.36. The molecule has 1 aliphatic heterocycles. The summed E-state index contributed by atoms with van der Waals surface area (Å²) in [5.41, 5.74) is 1.03. The van der Waals surface area contributed by atoms with Crippen LogP contribution in [0.5, 0.6) is 0 Å². The summed E-state index contributed by atoms with van der Waals surface area (Å²) in [6, 6.07) is 3.89. The van der Waals surface area contributed by atoms with E-state index in [1.54, 1.807) is 6.07 Å². The third-order valence-corrected chi connectivity index (χ3v) is 4.82. The first-order valence-corrected chi connectivity index (χ1v) is 8.82. The summed E-state index contributed by atoms with van der Waals surface area (Å²) in [5.74, 6) is 0.208. The minimum Gasteiger partial charge on any atom is -0.300 e. The number of carbonyl (C=O) groups excluding carboxylic acids is 1. The SMILES string of the molecule is CCCCCC(=O)C[C@H]1c2ccc(C(F)(F)F)cc2CCN1CC. The van der Waals surface area contributed by atoms with Crippen LogP contribution in [0.4, 0.5) is 13.2 Å². The summed E-state index contributed by atoms with van der Waals surface area (Å²) in [7, 11) is 0. The summed E-state index contributed by atoms with van der Waals surface area (Å²) in [6.07, 6.45) is 0.262. The number of hydrogen-bond acceptors (Lipinski definition) is 2. The van der Waals surface area contributed by atoms with Crippen molar-refractivity contribution in [2.24, 2.45) is 0 Å². The van der Waals surface area contributed by atoms with E-state index in [-0.39, 0.29) is 11.8 Å². The molecule has 1 aromatic rings. The zero-order chi connectivity index (χ0) is 17.7. The number of nitrogens with zero attached hydrogens (tertiary/aromatic N) is 1. The number of rotatable bonds is 7. The maximum Gasteiger partial charge on any atom is 0.416 e. The van der Waals surface area contributed by atoms with Crippen molar-refractivity contribution in [2.75, 3.05) is 13.1 Å². The highest BCUT2D eigenvalue weighted by Crippen LogP contribution is 2.37. The Kier molecular flexibility index (Phi) is 6.44. The molecule has 5 heteroatoms. The van der Waals surface area contributed by atoms with E-state index < -0.39 is 11.7 Å². The zero-order valence-corrected chi connectivity index (χ0v) is 14.5. The van der Waals surface area contributed by atoms with Crippen LogP contribution in [-0.2, 0) is 17.4 Å². The number of likely N-dealkylation sites (N-methyl/N-ethyl adjacent to an activating group) is 1. The molecular weight excluding hydrogens is 315 g/mol. The average Bonchev–Trinajstić information content (AvgIpc) is 2.54. The molecule has 1 aromatic carbocycles. The summed E-state index contributed by atoms with van der Waals surface area (Å²) < 4.78 is 38.7. The van der Waals surface area contributed by atoms with Crippen LogP contribution in [-0.4, -0.2) is 23.8 Å². The highest BCUT2D eigenvalue weighted by atomic mass is 19.4. The standard InChI is InChI=1S/C19H26F3NO/c1-3-5-6-7-16(24)13-18-17-9-8-15(19(20,21)22)12-14(17)10-11-23(18)4-2/h8-9,12,18H,3-7,10-11,13H2,1-2H3/t18-/m0/s1. The van der Waals surface area contributed by atoms with Crippen molar-refractivity contribution in [3.8, 4) is 0 Å². The Labute approximate surface area is 142 Å². The van der Waals surface area contributed by atoms with Crippen LogP contribution in [0.25, 0.3) is 0 Å². The van der Waals surface area contributed by atoms with E-state index in [0.717, 1.165) is 43.0 Å². The summed E-state index contributed by atoms with van der Waals surface area (Å²) in [4.78, 5) is 14.5. The molecule has 0 amide bonds. The predicted octanol–water partition coefficient (Wildman–Crippen LogP) is 5.16. The summed E-state index contributed by atoms with van der Waals surface area (Å²) in [6.45, 7) is 5.63. The molecule has 1 atom stereocenters. The van der Waals surface area contributed by atoms with Gasteiger partial charge in [-0.2, -0.15) is 13.2 Å². The third-order valence-electron chi connectivity index (χ3n) is 4.82. The Bertz CT molecular complexity index is 568. The van der Waals surface area contributed by atoms with E-state index in [9.17, 15) is 18.0 Å². The molecule has 0 aromatic heterocycles. The van der Waals surface area contributed by atoms with Gasteiger partial charge in [-0.1, -0.05) is 32.8 Å². The first-order valence-electron chi connectivity index (χ1n) is 8.82. The number of benzene rings is 1. The molecule has 2 nitrogen and oxygen atoms in total. The van der Waals surface area contributed by atoms with E-state index in [1.807, 2.05) is 6.92 Å².